The van der Waals surface area contributed by atoms with Gasteiger partial charge in [0.25, 0.3) is 0 Å². The minimum absolute atomic E-state index is 0.0302. The highest BCUT2D eigenvalue weighted by Gasteiger charge is 2.28. The lowest BCUT2D eigenvalue weighted by molar-refractivity contribution is -0.141. The van der Waals surface area contributed by atoms with Crippen LogP contribution in [0.15, 0.2) is 18.2 Å². The van der Waals surface area contributed by atoms with Gasteiger partial charge >= 0.3 is 5.97 Å². The molecule has 192 valence electrons. The molecule has 13 heteroatoms. The second-order valence-corrected chi connectivity index (χ2v) is 11.5. The number of carbonyl (C=O) groups is 2. The minimum Gasteiger partial charge on any atom is -0.466 e. The van der Waals surface area contributed by atoms with Crippen molar-refractivity contribution >= 4 is 44.1 Å². The SMILES string of the molecule is CC(=O)OC[C@H](C)CS(=O)(=O)N[C@H]1CC[C@H](Nc2nc(N)c(C(=O)c3c(F)cccc3F)s2)CC1. The fourth-order valence-electron chi connectivity index (χ4n) is 3.90. The molecular weight excluding hydrogens is 502 g/mol. The lowest BCUT2D eigenvalue weighted by atomic mass is 9.92. The molecule has 1 aromatic heterocycles. The average molecular weight is 531 g/mol. The van der Waals surface area contributed by atoms with Crippen LogP contribution in [0.25, 0.3) is 0 Å². The molecule has 3 rings (SSSR count). The van der Waals surface area contributed by atoms with E-state index < -0.39 is 39.0 Å². The third kappa shape index (κ3) is 7.42. The summed E-state index contributed by atoms with van der Waals surface area (Å²) in [6.45, 7) is 3.01. The van der Waals surface area contributed by atoms with Crippen molar-refractivity contribution in [1.82, 2.24) is 9.71 Å². The first-order chi connectivity index (χ1) is 16.4. The molecule has 0 spiro atoms. The fraction of sp³-hybridized carbons (Fsp3) is 0.500. The van der Waals surface area contributed by atoms with E-state index in [9.17, 15) is 26.8 Å². The Morgan fingerprint density at radius 3 is 2.40 bits per heavy atom. The second kappa shape index (κ2) is 11.4. The topological polar surface area (TPSA) is 140 Å². The van der Waals surface area contributed by atoms with Crippen LogP contribution in [0.2, 0.25) is 0 Å². The number of carbonyl (C=O) groups excluding carboxylic acids is 2. The maximum absolute atomic E-state index is 14.0. The van der Waals surface area contributed by atoms with Crippen LogP contribution in [0.5, 0.6) is 0 Å². The third-order valence-electron chi connectivity index (χ3n) is 5.53. The Morgan fingerprint density at radius 1 is 1.20 bits per heavy atom. The Morgan fingerprint density at radius 2 is 1.80 bits per heavy atom. The van der Waals surface area contributed by atoms with Crippen molar-refractivity contribution in [2.45, 2.75) is 51.6 Å². The number of halogens is 2. The standard InChI is InChI=1S/C22H28F2N4O5S2/c1-12(10-33-13(2)29)11-35(31,32)28-15-8-6-14(7-9-15)26-22-27-21(25)20(34-22)19(30)18-16(23)4-3-5-17(18)24/h3-5,12,14-15,28H,6-11,25H2,1-2H3,(H,26,27)/t12-,14-,15-/m0/s1. The van der Waals surface area contributed by atoms with Crippen LogP contribution in [0.1, 0.15) is 54.8 Å². The number of hydrogen-bond donors (Lipinski definition) is 3. The molecule has 1 saturated carbocycles. The van der Waals surface area contributed by atoms with Gasteiger partial charge in [-0.05, 0) is 37.8 Å². The number of nitrogen functional groups attached to an aromatic ring is 1. The van der Waals surface area contributed by atoms with Gasteiger partial charge in [0.15, 0.2) is 5.13 Å². The molecule has 1 aromatic carbocycles. The van der Waals surface area contributed by atoms with Crippen LogP contribution in [0.3, 0.4) is 0 Å². The van der Waals surface area contributed by atoms with Gasteiger partial charge in [-0.25, -0.2) is 26.9 Å². The molecule has 35 heavy (non-hydrogen) atoms. The predicted octanol–water partition coefficient (Wildman–Crippen LogP) is 3.08. The van der Waals surface area contributed by atoms with Gasteiger partial charge in [0, 0.05) is 24.9 Å². The largest absolute Gasteiger partial charge is 0.466 e. The Bertz CT molecular complexity index is 1160. The van der Waals surface area contributed by atoms with E-state index in [-0.39, 0.29) is 41.1 Å². The van der Waals surface area contributed by atoms with Crippen molar-refractivity contribution in [3.8, 4) is 0 Å². The van der Waals surface area contributed by atoms with Gasteiger partial charge in [0.2, 0.25) is 15.8 Å². The Balaban J connectivity index is 1.53. The maximum Gasteiger partial charge on any atom is 0.302 e. The lowest BCUT2D eigenvalue weighted by Gasteiger charge is -2.29. The van der Waals surface area contributed by atoms with Gasteiger partial charge in [-0.15, -0.1) is 0 Å². The van der Waals surface area contributed by atoms with Gasteiger partial charge in [-0.1, -0.05) is 24.3 Å². The number of ketones is 1. The lowest BCUT2D eigenvalue weighted by Crippen LogP contribution is -2.42. The van der Waals surface area contributed by atoms with Gasteiger partial charge in [-0.3, -0.25) is 9.59 Å². The van der Waals surface area contributed by atoms with E-state index in [0.29, 0.717) is 30.8 Å². The van der Waals surface area contributed by atoms with Crippen LogP contribution in [0, 0.1) is 17.6 Å². The second-order valence-electron chi connectivity index (χ2n) is 8.66. The number of nitrogens with two attached hydrogens (primary N) is 1. The van der Waals surface area contributed by atoms with Crippen LogP contribution in [-0.4, -0.2) is 49.6 Å². The fourth-order valence-corrected chi connectivity index (χ4v) is 6.49. The molecule has 0 saturated heterocycles. The number of benzene rings is 1. The summed E-state index contributed by atoms with van der Waals surface area (Å²) in [7, 11) is -3.54. The van der Waals surface area contributed by atoms with Gasteiger partial charge in [0.05, 0.1) is 17.9 Å². The first kappa shape index (κ1) is 27.0. The van der Waals surface area contributed by atoms with Crippen LogP contribution >= 0.6 is 11.3 Å². The molecule has 0 aliphatic heterocycles. The average Bonchev–Trinajstić information content (AvgIpc) is 3.13. The normalized spacial score (nSPS) is 19.2. The highest BCUT2D eigenvalue weighted by molar-refractivity contribution is 7.89. The van der Waals surface area contributed by atoms with E-state index in [0.717, 1.165) is 23.5 Å². The van der Waals surface area contributed by atoms with Crippen molar-refractivity contribution in [3.63, 3.8) is 0 Å². The number of rotatable bonds is 10. The zero-order valence-electron chi connectivity index (χ0n) is 19.3. The Labute approximate surface area is 206 Å². The van der Waals surface area contributed by atoms with Gasteiger partial charge in [-0.2, -0.15) is 0 Å². The summed E-state index contributed by atoms with van der Waals surface area (Å²) in [5.74, 6) is -3.86. The van der Waals surface area contributed by atoms with E-state index in [1.807, 2.05) is 0 Å². The molecule has 2 aromatic rings. The number of nitrogens with one attached hydrogen (secondary N) is 2. The molecule has 1 fully saturated rings. The smallest absolute Gasteiger partial charge is 0.302 e. The number of hydrogen-bond acceptors (Lipinski definition) is 9. The summed E-state index contributed by atoms with van der Waals surface area (Å²) in [4.78, 5) is 27.6. The van der Waals surface area contributed by atoms with E-state index in [1.165, 1.54) is 13.0 Å². The minimum atomic E-state index is -3.54. The number of aromatic nitrogens is 1. The summed E-state index contributed by atoms with van der Waals surface area (Å²) >= 11 is 0.920. The summed E-state index contributed by atoms with van der Waals surface area (Å²) in [5.41, 5.74) is 5.17. The van der Waals surface area contributed by atoms with Crippen LogP contribution in [0.4, 0.5) is 19.7 Å². The summed E-state index contributed by atoms with van der Waals surface area (Å²) in [5, 5.41) is 3.54. The molecule has 1 aliphatic rings. The van der Waals surface area contributed by atoms with Crippen LogP contribution < -0.4 is 15.8 Å². The zero-order valence-corrected chi connectivity index (χ0v) is 21.0. The van der Waals surface area contributed by atoms with Crippen molar-refractivity contribution < 1.29 is 31.5 Å². The number of thiazole rings is 1. The van der Waals surface area contributed by atoms with Gasteiger partial charge in [0.1, 0.15) is 22.3 Å². The molecule has 0 radical (unpaired) electrons. The van der Waals surface area contributed by atoms with Crippen molar-refractivity contribution in [3.05, 3.63) is 40.3 Å². The number of sulfonamides is 1. The molecular formula is C22H28F2N4O5S2. The predicted molar refractivity (Wildman–Crippen MR) is 129 cm³/mol. The summed E-state index contributed by atoms with van der Waals surface area (Å²) in [6, 6.07) is 2.92. The first-order valence-corrected chi connectivity index (χ1v) is 13.6. The molecule has 1 aliphatic carbocycles. The Kier molecular flexibility index (Phi) is 8.78. The van der Waals surface area contributed by atoms with Crippen LogP contribution in [-0.2, 0) is 19.6 Å². The summed E-state index contributed by atoms with van der Waals surface area (Å²) in [6.07, 6.45) is 2.45. The molecule has 1 heterocycles. The van der Waals surface area contributed by atoms with Gasteiger partial charge < -0.3 is 15.8 Å². The maximum atomic E-state index is 14.0. The molecule has 9 nitrogen and oxygen atoms in total. The zero-order chi connectivity index (χ0) is 25.8. The molecule has 0 unspecified atom stereocenters. The van der Waals surface area contributed by atoms with Crippen molar-refractivity contribution in [1.29, 1.82) is 0 Å². The quantitative estimate of drug-likeness (QED) is 0.314. The van der Waals surface area contributed by atoms with E-state index in [4.69, 9.17) is 10.5 Å². The third-order valence-corrected chi connectivity index (χ3v) is 8.23. The molecule has 4 N–H and O–H groups in total. The molecule has 1 atom stereocenters. The monoisotopic (exact) mass is 530 g/mol. The molecule has 0 amide bonds. The van der Waals surface area contributed by atoms with Crippen molar-refractivity contribution in [2.75, 3.05) is 23.4 Å². The highest BCUT2D eigenvalue weighted by atomic mass is 32.2. The van der Waals surface area contributed by atoms with Crippen molar-refractivity contribution in [2.24, 2.45) is 5.92 Å². The number of nitrogens with zero attached hydrogens (tertiary/aromatic N) is 1. The number of esters is 1. The van der Waals surface area contributed by atoms with E-state index in [2.05, 4.69) is 15.0 Å². The summed E-state index contributed by atoms with van der Waals surface area (Å²) < 4.78 is 60.4. The highest BCUT2D eigenvalue weighted by Crippen LogP contribution is 2.31. The van der Waals surface area contributed by atoms with E-state index in [1.54, 1.807) is 6.92 Å². The Hall–Kier alpha value is -2.64. The number of ether oxygens (including phenoxy) is 1. The van der Waals surface area contributed by atoms with E-state index >= 15 is 0 Å². The first-order valence-electron chi connectivity index (χ1n) is 11.1. The number of anilines is 2. The molecule has 0 bridgehead atoms.